The summed E-state index contributed by atoms with van der Waals surface area (Å²) < 4.78 is 0. The van der Waals surface area contributed by atoms with Crippen LogP contribution in [-0.2, 0) is 6.42 Å². The Kier molecular flexibility index (Phi) is 3.25. The Labute approximate surface area is 117 Å². The zero-order chi connectivity index (χ0) is 13.2. The molecule has 2 heterocycles. The van der Waals surface area contributed by atoms with E-state index in [1.165, 1.54) is 0 Å². The van der Waals surface area contributed by atoms with Crippen molar-refractivity contribution < 1.29 is 0 Å². The molecule has 3 N–H and O–H groups in total. The zero-order valence-corrected chi connectivity index (χ0v) is 11.2. The lowest BCUT2D eigenvalue weighted by Crippen LogP contribution is -2.07. The van der Waals surface area contributed by atoms with Gasteiger partial charge in [-0.15, -0.1) is 0 Å². The highest BCUT2D eigenvalue weighted by Crippen LogP contribution is 2.31. The number of rotatable bonds is 1. The number of anilines is 2. The number of fused-ring (bicyclic) bond motifs is 1. The Morgan fingerprint density at radius 2 is 2.11 bits per heavy atom. The van der Waals surface area contributed by atoms with Crippen LogP contribution in [0.1, 0.15) is 18.4 Å². The smallest absolute Gasteiger partial charge is 0.222 e. The van der Waals surface area contributed by atoms with Crippen LogP contribution >= 0.6 is 11.6 Å². The van der Waals surface area contributed by atoms with E-state index in [2.05, 4.69) is 15.3 Å². The molecule has 1 aliphatic heterocycles. The summed E-state index contributed by atoms with van der Waals surface area (Å²) in [4.78, 5) is 8.71. The summed E-state index contributed by atoms with van der Waals surface area (Å²) >= 11 is 6.06. The van der Waals surface area contributed by atoms with Crippen LogP contribution < -0.4 is 11.1 Å². The first-order valence-corrected chi connectivity index (χ1v) is 6.78. The van der Waals surface area contributed by atoms with Crippen LogP contribution in [0.3, 0.4) is 0 Å². The minimum absolute atomic E-state index is 0.295. The Bertz CT molecular complexity index is 612. The van der Waals surface area contributed by atoms with Crippen molar-refractivity contribution in [3.8, 4) is 11.3 Å². The average molecular weight is 275 g/mol. The summed E-state index contributed by atoms with van der Waals surface area (Å²) in [7, 11) is 0. The van der Waals surface area contributed by atoms with Crippen molar-refractivity contribution in [2.45, 2.75) is 19.3 Å². The molecule has 4 nitrogen and oxygen atoms in total. The number of benzene rings is 1. The Hall–Kier alpha value is -1.81. The van der Waals surface area contributed by atoms with Gasteiger partial charge in [-0.05, 0) is 31.4 Å². The largest absolute Gasteiger partial charge is 0.370 e. The predicted molar refractivity (Wildman–Crippen MR) is 78.3 cm³/mol. The minimum atomic E-state index is 0.295. The Morgan fingerprint density at radius 3 is 2.95 bits per heavy atom. The maximum absolute atomic E-state index is 6.06. The van der Waals surface area contributed by atoms with Gasteiger partial charge in [-0.3, -0.25) is 0 Å². The molecule has 0 saturated heterocycles. The summed E-state index contributed by atoms with van der Waals surface area (Å²) in [6.45, 7) is 0.929. The van der Waals surface area contributed by atoms with Gasteiger partial charge >= 0.3 is 0 Å². The van der Waals surface area contributed by atoms with Crippen molar-refractivity contribution in [3.05, 3.63) is 34.9 Å². The van der Waals surface area contributed by atoms with Crippen LogP contribution in [0, 0.1) is 0 Å². The molecule has 0 saturated carbocycles. The van der Waals surface area contributed by atoms with Crippen LogP contribution in [-0.4, -0.2) is 16.5 Å². The highest BCUT2D eigenvalue weighted by Gasteiger charge is 2.17. The molecule has 1 aromatic heterocycles. The topological polar surface area (TPSA) is 63.8 Å². The normalized spacial score (nSPS) is 14.4. The van der Waals surface area contributed by atoms with Crippen molar-refractivity contribution in [1.82, 2.24) is 9.97 Å². The molecule has 1 aliphatic rings. The van der Waals surface area contributed by atoms with Crippen molar-refractivity contribution in [1.29, 1.82) is 0 Å². The molecule has 0 aliphatic carbocycles. The second-order valence-electron chi connectivity index (χ2n) is 4.65. The van der Waals surface area contributed by atoms with Crippen molar-refractivity contribution in [2.24, 2.45) is 0 Å². The third kappa shape index (κ3) is 2.49. The number of hydrogen-bond acceptors (Lipinski definition) is 4. The van der Waals surface area contributed by atoms with Gasteiger partial charge in [0.1, 0.15) is 5.82 Å². The third-order valence-electron chi connectivity index (χ3n) is 3.27. The molecule has 0 amide bonds. The highest BCUT2D eigenvalue weighted by molar-refractivity contribution is 6.30. The molecule has 1 aromatic carbocycles. The molecule has 98 valence electrons. The van der Waals surface area contributed by atoms with Gasteiger partial charge in [0.05, 0.1) is 5.69 Å². The maximum Gasteiger partial charge on any atom is 0.222 e. The van der Waals surface area contributed by atoms with E-state index < -0.39 is 0 Å². The third-order valence-corrected chi connectivity index (χ3v) is 3.50. The van der Waals surface area contributed by atoms with Crippen molar-refractivity contribution in [3.63, 3.8) is 0 Å². The number of nitrogen functional groups attached to an aromatic ring is 1. The number of aromatic nitrogens is 2. The van der Waals surface area contributed by atoms with E-state index in [1.807, 2.05) is 24.3 Å². The molecule has 0 spiro atoms. The van der Waals surface area contributed by atoms with Gasteiger partial charge in [0.15, 0.2) is 0 Å². The summed E-state index contributed by atoms with van der Waals surface area (Å²) in [5, 5.41) is 4.03. The summed E-state index contributed by atoms with van der Waals surface area (Å²) in [5.74, 6) is 1.16. The fourth-order valence-electron chi connectivity index (χ4n) is 2.39. The van der Waals surface area contributed by atoms with Gasteiger partial charge in [-0.1, -0.05) is 23.7 Å². The molecule has 0 bridgehead atoms. The second kappa shape index (κ2) is 5.05. The summed E-state index contributed by atoms with van der Waals surface area (Å²) in [6, 6.07) is 7.69. The summed E-state index contributed by atoms with van der Waals surface area (Å²) in [5.41, 5.74) is 8.82. The molecule has 19 heavy (non-hydrogen) atoms. The van der Waals surface area contributed by atoms with E-state index in [4.69, 9.17) is 17.3 Å². The quantitative estimate of drug-likeness (QED) is 0.839. The lowest BCUT2D eigenvalue weighted by molar-refractivity contribution is 0.785. The average Bonchev–Trinajstić information content (AvgIpc) is 2.63. The van der Waals surface area contributed by atoms with Crippen molar-refractivity contribution >= 4 is 23.4 Å². The van der Waals surface area contributed by atoms with E-state index in [1.54, 1.807) is 0 Å². The van der Waals surface area contributed by atoms with Gasteiger partial charge in [-0.25, -0.2) is 4.98 Å². The summed E-state index contributed by atoms with van der Waals surface area (Å²) in [6.07, 6.45) is 3.22. The first-order chi connectivity index (χ1) is 9.24. The molecule has 3 rings (SSSR count). The number of hydrogen-bond donors (Lipinski definition) is 2. The number of nitrogens with zero attached hydrogens (tertiary/aromatic N) is 2. The van der Waals surface area contributed by atoms with E-state index in [0.717, 1.165) is 48.4 Å². The fourth-order valence-corrected chi connectivity index (χ4v) is 2.58. The highest BCUT2D eigenvalue weighted by atomic mass is 35.5. The molecular formula is C14H15ClN4. The first kappa shape index (κ1) is 12.2. The zero-order valence-electron chi connectivity index (χ0n) is 10.5. The van der Waals surface area contributed by atoms with E-state index in [9.17, 15) is 0 Å². The molecular weight excluding hydrogens is 260 g/mol. The number of halogens is 1. The van der Waals surface area contributed by atoms with Crippen LogP contribution in [0.5, 0.6) is 0 Å². The van der Waals surface area contributed by atoms with Crippen LogP contribution in [0.15, 0.2) is 24.3 Å². The standard InChI is InChI=1S/C14H15ClN4/c15-10-5-3-4-9(8-10)12-11-6-1-2-7-17-13(11)19-14(16)18-12/h3-5,8H,1-2,6-7H2,(H3,16,17,18,19). The molecule has 5 heteroatoms. The van der Waals surface area contributed by atoms with Crippen molar-refractivity contribution in [2.75, 3.05) is 17.6 Å². The number of nitrogens with one attached hydrogen (secondary N) is 1. The molecule has 2 aromatic rings. The SMILES string of the molecule is Nc1nc2c(c(-c3cccc(Cl)c3)n1)CCCCN2. The molecule has 0 unspecified atom stereocenters. The molecule has 0 atom stereocenters. The maximum atomic E-state index is 6.06. The van der Waals surface area contributed by atoms with Gasteiger partial charge in [0, 0.05) is 22.7 Å². The molecule has 0 radical (unpaired) electrons. The van der Waals surface area contributed by atoms with E-state index in [-0.39, 0.29) is 0 Å². The number of nitrogens with two attached hydrogens (primary N) is 1. The Morgan fingerprint density at radius 1 is 1.21 bits per heavy atom. The minimum Gasteiger partial charge on any atom is -0.370 e. The van der Waals surface area contributed by atoms with Crippen LogP contribution in [0.2, 0.25) is 5.02 Å². The van der Waals surface area contributed by atoms with Crippen LogP contribution in [0.4, 0.5) is 11.8 Å². The molecule has 0 fully saturated rings. The lowest BCUT2D eigenvalue weighted by Gasteiger charge is -2.12. The van der Waals surface area contributed by atoms with Gasteiger partial charge in [-0.2, -0.15) is 4.98 Å². The van der Waals surface area contributed by atoms with E-state index in [0.29, 0.717) is 11.0 Å². The Balaban J connectivity index is 2.17. The monoisotopic (exact) mass is 274 g/mol. The van der Waals surface area contributed by atoms with Gasteiger partial charge < -0.3 is 11.1 Å². The van der Waals surface area contributed by atoms with Gasteiger partial charge in [0.2, 0.25) is 5.95 Å². The lowest BCUT2D eigenvalue weighted by atomic mass is 10.0. The predicted octanol–water partition coefficient (Wildman–Crippen LogP) is 3.13. The second-order valence-corrected chi connectivity index (χ2v) is 5.09. The van der Waals surface area contributed by atoms with Gasteiger partial charge in [0.25, 0.3) is 0 Å². The van der Waals surface area contributed by atoms with Crippen LogP contribution in [0.25, 0.3) is 11.3 Å². The first-order valence-electron chi connectivity index (χ1n) is 6.40. The fraction of sp³-hybridized carbons (Fsp3) is 0.286. The van der Waals surface area contributed by atoms with E-state index >= 15 is 0 Å².